The van der Waals surface area contributed by atoms with Crippen LogP contribution in [0.15, 0.2) is 36.9 Å². The number of fused-ring (bicyclic) bond motifs is 1. The van der Waals surface area contributed by atoms with Gasteiger partial charge in [0.2, 0.25) is 5.91 Å². The molecular weight excluding hydrogens is 617 g/mol. The first kappa shape index (κ1) is 36.8. The Morgan fingerprint density at radius 2 is 1.62 bits per heavy atom. The molecule has 260 valence electrons. The molecule has 3 atom stereocenters. The van der Waals surface area contributed by atoms with Gasteiger partial charge in [-0.2, -0.15) is 0 Å². The van der Waals surface area contributed by atoms with Gasteiger partial charge in [0.15, 0.2) is 17.8 Å². The summed E-state index contributed by atoms with van der Waals surface area (Å²) in [6, 6.07) is 6.38. The number of nitrogens with two attached hydrogens (primary N) is 2. The molecule has 12 nitrogen and oxygen atoms in total. The van der Waals surface area contributed by atoms with Gasteiger partial charge in [-0.25, -0.2) is 19.5 Å². The smallest absolute Gasteiger partial charge is 0.404 e. The van der Waals surface area contributed by atoms with Crippen molar-refractivity contribution in [1.82, 2.24) is 24.8 Å². The Morgan fingerprint density at radius 1 is 0.979 bits per heavy atom. The molecule has 1 amide bonds. The molecule has 2 aromatic heterocycles. The van der Waals surface area contributed by atoms with Crippen LogP contribution in [0.3, 0.4) is 0 Å². The van der Waals surface area contributed by atoms with Crippen molar-refractivity contribution in [3.05, 3.63) is 42.5 Å². The number of carbonyl (C=O) groups is 1. The zero-order valence-corrected chi connectivity index (χ0v) is 28.9. The fourth-order valence-electron chi connectivity index (χ4n) is 5.74. The Labute approximate surface area is 279 Å². The van der Waals surface area contributed by atoms with Gasteiger partial charge in [0.05, 0.1) is 25.5 Å². The summed E-state index contributed by atoms with van der Waals surface area (Å²) in [6.45, 7) is 3.40. The number of benzene rings is 1. The first-order valence-corrected chi connectivity index (χ1v) is 19.2. The number of nitrogen functional groups attached to an aromatic ring is 1. The first-order chi connectivity index (χ1) is 22.9. The van der Waals surface area contributed by atoms with Crippen LogP contribution in [-0.2, 0) is 31.6 Å². The highest BCUT2D eigenvalue weighted by atomic mass is 31.2. The summed E-state index contributed by atoms with van der Waals surface area (Å²) in [6.07, 6.45) is 21.1. The van der Waals surface area contributed by atoms with E-state index in [4.69, 9.17) is 25.3 Å². The van der Waals surface area contributed by atoms with E-state index < -0.39 is 13.6 Å². The number of amides is 1. The van der Waals surface area contributed by atoms with Crippen LogP contribution in [0.5, 0.6) is 5.75 Å². The number of ether oxygens (including phenoxy) is 1. The molecule has 0 radical (unpaired) electrons. The van der Waals surface area contributed by atoms with Crippen molar-refractivity contribution in [2.75, 3.05) is 25.2 Å². The van der Waals surface area contributed by atoms with Gasteiger partial charge in [-0.3, -0.25) is 9.32 Å². The van der Waals surface area contributed by atoms with E-state index in [0.29, 0.717) is 42.2 Å². The minimum atomic E-state index is -3.49. The van der Waals surface area contributed by atoms with Crippen molar-refractivity contribution in [2.24, 2.45) is 5.73 Å². The third kappa shape index (κ3) is 12.5. The molecule has 3 heterocycles. The maximum Gasteiger partial charge on any atom is 0.404 e. The maximum absolute atomic E-state index is 13.1. The van der Waals surface area contributed by atoms with E-state index in [0.717, 1.165) is 18.4 Å². The van der Waals surface area contributed by atoms with E-state index in [2.05, 4.69) is 27.2 Å². The molecule has 1 unspecified atom stereocenters. The molecule has 5 N–H and O–H groups in total. The quantitative estimate of drug-likeness (QED) is 0.0789. The Balaban J connectivity index is 1.04. The SMILES string of the molecule is CCCCCCCCCCCCCCCCNC(=O)[C@H](N)Cc1ccc(OP2(=O)CO[C@@H](Cn3cnc4c(N)ncnc43)CO2)cc1. The zero-order chi connectivity index (χ0) is 33.3. The van der Waals surface area contributed by atoms with E-state index in [1.165, 1.54) is 83.4 Å². The largest absolute Gasteiger partial charge is 0.423 e. The molecule has 4 rings (SSSR count). The summed E-state index contributed by atoms with van der Waals surface area (Å²) in [5.41, 5.74) is 14.0. The van der Waals surface area contributed by atoms with Crippen LogP contribution in [0.25, 0.3) is 11.2 Å². The lowest BCUT2D eigenvalue weighted by Gasteiger charge is -2.29. The summed E-state index contributed by atoms with van der Waals surface area (Å²) in [5, 5.41) is 2.97. The van der Waals surface area contributed by atoms with Gasteiger partial charge < -0.3 is 30.6 Å². The van der Waals surface area contributed by atoms with Gasteiger partial charge in [-0.05, 0) is 30.5 Å². The predicted molar refractivity (Wildman–Crippen MR) is 185 cm³/mol. The Kier molecular flexibility index (Phi) is 15.4. The molecule has 1 saturated heterocycles. The highest BCUT2D eigenvalue weighted by Crippen LogP contribution is 2.51. The van der Waals surface area contributed by atoms with Crippen molar-refractivity contribution in [3.63, 3.8) is 0 Å². The fraction of sp³-hybridized carbons (Fsp3) is 0.647. The highest BCUT2D eigenvalue weighted by Gasteiger charge is 2.35. The van der Waals surface area contributed by atoms with Gasteiger partial charge in [0.25, 0.3) is 0 Å². The third-order valence-corrected chi connectivity index (χ3v) is 10.0. The lowest BCUT2D eigenvalue weighted by atomic mass is 10.0. The number of carbonyl (C=O) groups excluding carboxylic acids is 1. The molecule has 47 heavy (non-hydrogen) atoms. The van der Waals surface area contributed by atoms with Crippen molar-refractivity contribution >= 4 is 30.5 Å². The molecule has 13 heteroatoms. The summed E-state index contributed by atoms with van der Waals surface area (Å²) in [5.74, 6) is 0.549. The van der Waals surface area contributed by atoms with Gasteiger partial charge >= 0.3 is 7.60 Å². The van der Waals surface area contributed by atoms with Crippen LogP contribution in [0, 0.1) is 0 Å². The molecule has 0 spiro atoms. The number of unbranched alkanes of at least 4 members (excludes halogenated alkanes) is 13. The Bertz CT molecular complexity index is 1390. The second-order valence-corrected chi connectivity index (χ2v) is 14.5. The van der Waals surface area contributed by atoms with Crippen LogP contribution in [0.4, 0.5) is 5.82 Å². The molecule has 1 aromatic carbocycles. The molecule has 0 saturated carbocycles. The minimum absolute atomic E-state index is 0.0823. The number of anilines is 1. The van der Waals surface area contributed by atoms with Crippen LogP contribution in [0.2, 0.25) is 0 Å². The van der Waals surface area contributed by atoms with Crippen LogP contribution < -0.4 is 21.3 Å². The predicted octanol–water partition coefficient (Wildman–Crippen LogP) is 6.52. The van der Waals surface area contributed by atoms with Crippen LogP contribution in [-0.4, -0.2) is 57.1 Å². The average molecular weight is 672 g/mol. The number of imidazole rings is 1. The number of aromatic nitrogens is 4. The molecule has 1 aliphatic rings. The summed E-state index contributed by atoms with van der Waals surface area (Å²) >= 11 is 0. The van der Waals surface area contributed by atoms with Crippen molar-refractivity contribution < 1.29 is 23.1 Å². The Morgan fingerprint density at radius 3 is 2.23 bits per heavy atom. The van der Waals surface area contributed by atoms with E-state index >= 15 is 0 Å². The monoisotopic (exact) mass is 671 g/mol. The van der Waals surface area contributed by atoms with Gasteiger partial charge in [0.1, 0.15) is 23.7 Å². The molecule has 0 aliphatic carbocycles. The summed E-state index contributed by atoms with van der Waals surface area (Å²) in [7, 11) is -3.49. The van der Waals surface area contributed by atoms with Crippen LogP contribution >= 0.6 is 7.60 Å². The molecule has 3 aromatic rings. The normalized spacial score (nSPS) is 18.7. The highest BCUT2D eigenvalue weighted by molar-refractivity contribution is 7.54. The lowest BCUT2D eigenvalue weighted by Crippen LogP contribution is -2.42. The van der Waals surface area contributed by atoms with Crippen molar-refractivity contribution in [3.8, 4) is 5.75 Å². The number of hydrogen-bond donors (Lipinski definition) is 3. The molecular formula is C34H54N7O5P. The second-order valence-electron chi connectivity index (χ2n) is 12.6. The first-order valence-electron chi connectivity index (χ1n) is 17.4. The van der Waals surface area contributed by atoms with Crippen LogP contribution in [0.1, 0.15) is 102 Å². The molecule has 1 fully saturated rings. The van der Waals surface area contributed by atoms with E-state index in [1.54, 1.807) is 23.0 Å². The van der Waals surface area contributed by atoms with Gasteiger partial charge in [-0.15, -0.1) is 0 Å². The summed E-state index contributed by atoms with van der Waals surface area (Å²) < 4.78 is 32.1. The van der Waals surface area contributed by atoms with E-state index in [-0.39, 0.29) is 25.0 Å². The van der Waals surface area contributed by atoms with Crippen molar-refractivity contribution in [2.45, 2.75) is 122 Å². The lowest BCUT2D eigenvalue weighted by molar-refractivity contribution is -0.122. The van der Waals surface area contributed by atoms with Gasteiger partial charge in [-0.1, -0.05) is 103 Å². The van der Waals surface area contributed by atoms with Crippen molar-refractivity contribution in [1.29, 1.82) is 0 Å². The average Bonchev–Trinajstić information content (AvgIpc) is 3.48. The molecule has 1 aliphatic heterocycles. The van der Waals surface area contributed by atoms with E-state index in [1.807, 2.05) is 12.1 Å². The second kappa shape index (κ2) is 19.7. The summed E-state index contributed by atoms with van der Waals surface area (Å²) in [4.78, 5) is 24.9. The number of hydrogen-bond acceptors (Lipinski definition) is 10. The number of rotatable bonds is 22. The van der Waals surface area contributed by atoms with E-state index in [9.17, 15) is 9.36 Å². The topological polar surface area (TPSA) is 169 Å². The molecule has 0 bridgehead atoms. The number of nitrogens with one attached hydrogen (secondary N) is 1. The third-order valence-electron chi connectivity index (χ3n) is 8.55. The maximum atomic E-state index is 13.1. The minimum Gasteiger partial charge on any atom is -0.423 e. The zero-order valence-electron chi connectivity index (χ0n) is 28.0. The Hall–Kier alpha value is -3.05. The number of nitrogens with zero attached hydrogens (tertiary/aromatic N) is 4. The fourth-order valence-corrected chi connectivity index (χ4v) is 7.15. The standard InChI is InChI=1S/C34H54N7O5P/c1-2-3-4-5-6-7-8-9-10-11-12-13-14-15-20-37-34(42)30(35)21-27-16-18-28(19-17-27)46-47(43)26-44-29(23-45-47)22-41-25-40-31-32(36)38-24-39-33(31)41/h16-19,24-25,29-30H,2-15,20-23,26,35H2,1H3,(H,37,42)(H2,36,38,39)/t29-,30+,47?/m0/s1. The van der Waals surface area contributed by atoms with Gasteiger partial charge in [0, 0.05) is 6.54 Å².